The van der Waals surface area contributed by atoms with Crippen molar-refractivity contribution in [3.05, 3.63) is 170 Å². The fourth-order valence-corrected chi connectivity index (χ4v) is 6.93. The van der Waals surface area contributed by atoms with E-state index in [1.165, 1.54) is 0 Å². The van der Waals surface area contributed by atoms with Crippen LogP contribution < -0.4 is 0 Å². The standard InChI is InChI=1S/C46H28O/c1-2-14-30(15-3-1)40-28-41-45-39(23-12-24-42(45)47-46(41)38-22-11-6-17-33(38)40)44-36-20-9-7-18-34(36)43(35-19-8-10-21-37(35)44)32-26-25-29-13-4-5-16-31(29)27-32/h1-28H/i4D,5D,6D,11D,13D,16D,17D,22D,25D,26D,27D,28D. The van der Waals surface area contributed by atoms with Gasteiger partial charge in [-0.3, -0.25) is 0 Å². The van der Waals surface area contributed by atoms with Crippen LogP contribution in [0.4, 0.5) is 0 Å². The minimum atomic E-state index is -0.538. The van der Waals surface area contributed by atoms with Gasteiger partial charge in [-0.2, -0.15) is 0 Å². The number of hydrogen-bond acceptors (Lipinski definition) is 1. The first-order chi connectivity index (χ1) is 28.3. The van der Waals surface area contributed by atoms with Gasteiger partial charge in [0.15, 0.2) is 0 Å². The Morgan fingerprint density at radius 2 is 1.04 bits per heavy atom. The average Bonchev–Trinajstić information content (AvgIpc) is 3.65. The lowest BCUT2D eigenvalue weighted by molar-refractivity contribution is 0.673. The Hall–Kier alpha value is -6.18. The van der Waals surface area contributed by atoms with E-state index in [4.69, 9.17) is 16.8 Å². The molecule has 10 aromatic rings. The molecule has 0 aliphatic rings. The van der Waals surface area contributed by atoms with E-state index in [0.29, 0.717) is 60.2 Å². The molecule has 0 amide bonds. The molecule has 0 atom stereocenters. The number of furan rings is 1. The van der Waals surface area contributed by atoms with Gasteiger partial charge >= 0.3 is 0 Å². The van der Waals surface area contributed by atoms with Crippen molar-refractivity contribution in [3.8, 4) is 33.4 Å². The van der Waals surface area contributed by atoms with Crippen molar-refractivity contribution in [1.29, 1.82) is 0 Å². The van der Waals surface area contributed by atoms with Crippen molar-refractivity contribution in [2.75, 3.05) is 0 Å². The molecule has 0 saturated heterocycles. The summed E-state index contributed by atoms with van der Waals surface area (Å²) in [6.07, 6.45) is 0. The predicted molar refractivity (Wildman–Crippen MR) is 200 cm³/mol. The lowest BCUT2D eigenvalue weighted by atomic mass is 9.84. The van der Waals surface area contributed by atoms with Crippen molar-refractivity contribution in [2.24, 2.45) is 0 Å². The van der Waals surface area contributed by atoms with Crippen molar-refractivity contribution >= 4 is 65.0 Å². The minimum absolute atomic E-state index is 0.0292. The molecule has 0 aliphatic heterocycles. The zero-order valence-electron chi connectivity index (χ0n) is 36.6. The van der Waals surface area contributed by atoms with Gasteiger partial charge in [0.05, 0.1) is 16.4 Å². The predicted octanol–water partition coefficient (Wildman–Crippen LogP) is 13.2. The van der Waals surface area contributed by atoms with Crippen molar-refractivity contribution in [1.82, 2.24) is 0 Å². The summed E-state index contributed by atoms with van der Waals surface area (Å²) in [4.78, 5) is 0. The summed E-state index contributed by atoms with van der Waals surface area (Å²) in [7, 11) is 0. The molecule has 47 heavy (non-hydrogen) atoms. The van der Waals surface area contributed by atoms with Crippen molar-refractivity contribution < 1.29 is 20.9 Å². The van der Waals surface area contributed by atoms with E-state index in [1.54, 1.807) is 6.07 Å². The molecule has 9 aromatic carbocycles. The Labute approximate surface area is 288 Å². The summed E-state index contributed by atoms with van der Waals surface area (Å²) in [6.45, 7) is 0. The van der Waals surface area contributed by atoms with Crippen LogP contribution in [0.25, 0.3) is 98.4 Å². The van der Waals surface area contributed by atoms with Gasteiger partial charge in [-0.15, -0.1) is 0 Å². The summed E-state index contributed by atoms with van der Waals surface area (Å²) < 4.78 is 113. The van der Waals surface area contributed by atoms with Crippen LogP contribution in [0.3, 0.4) is 0 Å². The van der Waals surface area contributed by atoms with Crippen LogP contribution in [0.5, 0.6) is 0 Å². The molecule has 0 unspecified atom stereocenters. The molecule has 1 nitrogen and oxygen atoms in total. The van der Waals surface area contributed by atoms with E-state index in [9.17, 15) is 4.11 Å². The molecule has 0 bridgehead atoms. The number of rotatable bonds is 3. The zero-order chi connectivity index (χ0) is 41.3. The highest BCUT2D eigenvalue weighted by atomic mass is 16.3. The number of hydrogen-bond donors (Lipinski definition) is 0. The lowest BCUT2D eigenvalue weighted by Gasteiger charge is -2.18. The summed E-state index contributed by atoms with van der Waals surface area (Å²) in [5.74, 6) is 0. The Bertz CT molecular complexity index is 3460. The average molecular weight is 609 g/mol. The Morgan fingerprint density at radius 3 is 1.79 bits per heavy atom. The van der Waals surface area contributed by atoms with Crippen LogP contribution in [-0.4, -0.2) is 0 Å². The van der Waals surface area contributed by atoms with Gasteiger partial charge in [-0.05, 0) is 89.2 Å². The molecule has 1 heteroatoms. The summed E-state index contributed by atoms with van der Waals surface area (Å²) in [6, 6.07) is 25.1. The SMILES string of the molecule is [2H]c1c([2H])c([2H])c2c([2H])c(-c3c4ccccc4c(-c4cccc5oc6c7c([2H])c([2H])c([2H])c([2H])c7c(-c7ccccc7)c([2H])c6c45)c4ccccc34)c([2H])c([2H])c2c1[2H]. The highest BCUT2D eigenvalue weighted by Crippen LogP contribution is 2.48. The summed E-state index contributed by atoms with van der Waals surface area (Å²) in [5.41, 5.74) is 3.41. The van der Waals surface area contributed by atoms with Crippen molar-refractivity contribution in [2.45, 2.75) is 0 Å². The van der Waals surface area contributed by atoms with Gasteiger partial charge in [0.1, 0.15) is 11.2 Å². The smallest absolute Gasteiger partial charge is 0.143 e. The van der Waals surface area contributed by atoms with E-state index >= 15 is 0 Å². The van der Waals surface area contributed by atoms with Gasteiger partial charge in [0.25, 0.3) is 0 Å². The maximum atomic E-state index is 9.85. The van der Waals surface area contributed by atoms with Gasteiger partial charge in [-0.25, -0.2) is 0 Å². The minimum Gasteiger partial charge on any atom is -0.455 e. The van der Waals surface area contributed by atoms with E-state index < -0.39 is 42.3 Å². The zero-order valence-corrected chi connectivity index (χ0v) is 24.6. The fraction of sp³-hybridized carbons (Fsp3) is 0. The van der Waals surface area contributed by atoms with Crippen LogP contribution in [0.15, 0.2) is 174 Å². The molecule has 0 spiro atoms. The van der Waals surface area contributed by atoms with Gasteiger partial charge in [0, 0.05) is 16.2 Å². The molecule has 10 rings (SSSR count). The second-order valence-electron chi connectivity index (χ2n) is 11.4. The normalized spacial score (nSPS) is 15.4. The molecule has 1 aromatic heterocycles. The third-order valence-electron chi connectivity index (χ3n) is 8.89. The maximum Gasteiger partial charge on any atom is 0.143 e. The van der Waals surface area contributed by atoms with E-state index in [1.807, 2.05) is 91.0 Å². The molecular weight excluding hydrogens is 569 g/mol. The molecule has 1 heterocycles. The Balaban J connectivity index is 1.39. The largest absolute Gasteiger partial charge is 0.455 e. The van der Waals surface area contributed by atoms with E-state index in [-0.39, 0.29) is 62.9 Å². The van der Waals surface area contributed by atoms with Crippen LogP contribution in [0.2, 0.25) is 0 Å². The van der Waals surface area contributed by atoms with Crippen LogP contribution in [-0.2, 0) is 0 Å². The van der Waals surface area contributed by atoms with Gasteiger partial charge < -0.3 is 4.42 Å². The van der Waals surface area contributed by atoms with Crippen LogP contribution in [0.1, 0.15) is 16.4 Å². The molecule has 0 fully saturated rings. The lowest BCUT2D eigenvalue weighted by Crippen LogP contribution is -1.91. The first-order valence-corrected chi connectivity index (χ1v) is 15.2. The quantitative estimate of drug-likeness (QED) is 0.182. The topological polar surface area (TPSA) is 13.1 Å². The Morgan fingerprint density at radius 1 is 0.404 bits per heavy atom. The molecule has 0 N–H and O–H groups in total. The first-order valence-electron chi connectivity index (χ1n) is 21.2. The van der Waals surface area contributed by atoms with Crippen molar-refractivity contribution in [3.63, 3.8) is 0 Å². The highest BCUT2D eigenvalue weighted by molar-refractivity contribution is 6.28. The van der Waals surface area contributed by atoms with Crippen LogP contribution in [0, 0.1) is 0 Å². The van der Waals surface area contributed by atoms with E-state index in [2.05, 4.69) is 0 Å². The molecule has 218 valence electrons. The number of fused-ring (bicyclic) bond motifs is 8. The second kappa shape index (κ2) is 10.2. The molecule has 0 aliphatic carbocycles. The Kier molecular flexibility index (Phi) is 3.66. The summed E-state index contributed by atoms with van der Waals surface area (Å²) in [5, 5.41) is 3.58. The van der Waals surface area contributed by atoms with E-state index in [0.717, 1.165) is 5.56 Å². The van der Waals surface area contributed by atoms with Crippen LogP contribution >= 0.6 is 0 Å². The second-order valence-corrected chi connectivity index (χ2v) is 11.4. The highest BCUT2D eigenvalue weighted by Gasteiger charge is 2.22. The third-order valence-corrected chi connectivity index (χ3v) is 8.89. The van der Waals surface area contributed by atoms with Gasteiger partial charge in [0.2, 0.25) is 0 Å². The first kappa shape index (κ1) is 16.9. The number of benzene rings is 9. The maximum absolute atomic E-state index is 9.85. The summed E-state index contributed by atoms with van der Waals surface area (Å²) >= 11 is 0. The van der Waals surface area contributed by atoms with Gasteiger partial charge in [-0.1, -0.05) is 151 Å². The molecule has 0 saturated carbocycles. The fourth-order valence-electron chi connectivity index (χ4n) is 6.93. The monoisotopic (exact) mass is 608 g/mol. The molecular formula is C46H28O. The molecule has 0 radical (unpaired) electrons. The third kappa shape index (κ3) is 3.90.